The van der Waals surface area contributed by atoms with Gasteiger partial charge in [-0.2, -0.15) is 0 Å². The van der Waals surface area contributed by atoms with Crippen LogP contribution in [0.3, 0.4) is 0 Å². The molecule has 1 amide bonds. The number of ether oxygens (including phenoxy) is 1. The first-order valence-corrected chi connectivity index (χ1v) is 5.08. The molecule has 0 atom stereocenters. The molecule has 0 saturated heterocycles. The maximum Gasteiger partial charge on any atom is 0.325 e. The SMILES string of the molecule is CCCN(CC(=O)OC)C(=O)c1ccco1. The number of esters is 1. The van der Waals surface area contributed by atoms with Crippen LogP contribution in [0.15, 0.2) is 22.8 Å². The number of methoxy groups -OCH3 is 1. The molecule has 16 heavy (non-hydrogen) atoms. The Morgan fingerprint density at radius 3 is 2.75 bits per heavy atom. The summed E-state index contributed by atoms with van der Waals surface area (Å²) < 4.78 is 9.53. The summed E-state index contributed by atoms with van der Waals surface area (Å²) in [5, 5.41) is 0. The summed E-state index contributed by atoms with van der Waals surface area (Å²) >= 11 is 0. The van der Waals surface area contributed by atoms with E-state index in [9.17, 15) is 9.59 Å². The first kappa shape index (κ1) is 12.3. The van der Waals surface area contributed by atoms with Gasteiger partial charge in [0, 0.05) is 6.54 Å². The molecule has 1 aromatic rings. The van der Waals surface area contributed by atoms with Crippen molar-refractivity contribution >= 4 is 11.9 Å². The minimum absolute atomic E-state index is 0.0517. The number of hydrogen-bond acceptors (Lipinski definition) is 4. The molecule has 1 rings (SSSR count). The fourth-order valence-corrected chi connectivity index (χ4v) is 1.30. The Hall–Kier alpha value is -1.78. The predicted molar refractivity (Wildman–Crippen MR) is 56.9 cm³/mol. The maximum atomic E-state index is 11.9. The predicted octanol–water partition coefficient (Wildman–Crippen LogP) is 1.30. The van der Waals surface area contributed by atoms with Crippen molar-refractivity contribution < 1.29 is 18.7 Å². The van der Waals surface area contributed by atoms with Gasteiger partial charge in [-0.15, -0.1) is 0 Å². The Morgan fingerprint density at radius 1 is 1.50 bits per heavy atom. The Bertz CT molecular complexity index is 345. The lowest BCUT2D eigenvalue weighted by atomic mass is 10.3. The van der Waals surface area contributed by atoms with E-state index in [1.807, 2.05) is 6.92 Å². The van der Waals surface area contributed by atoms with Gasteiger partial charge in [-0.1, -0.05) is 6.92 Å². The van der Waals surface area contributed by atoms with Gasteiger partial charge in [0.25, 0.3) is 5.91 Å². The highest BCUT2D eigenvalue weighted by molar-refractivity contribution is 5.93. The summed E-state index contributed by atoms with van der Waals surface area (Å²) in [6.45, 7) is 2.37. The van der Waals surface area contributed by atoms with E-state index in [0.29, 0.717) is 6.54 Å². The molecule has 1 heterocycles. The second kappa shape index (κ2) is 5.95. The summed E-state index contributed by atoms with van der Waals surface area (Å²) in [5.41, 5.74) is 0. The number of furan rings is 1. The molecule has 0 aromatic carbocycles. The molecule has 0 N–H and O–H groups in total. The Balaban J connectivity index is 2.69. The van der Waals surface area contributed by atoms with Crippen molar-refractivity contribution in [2.45, 2.75) is 13.3 Å². The highest BCUT2D eigenvalue weighted by atomic mass is 16.5. The Morgan fingerprint density at radius 2 is 2.25 bits per heavy atom. The zero-order chi connectivity index (χ0) is 12.0. The molecule has 0 aliphatic rings. The van der Waals surface area contributed by atoms with E-state index in [0.717, 1.165) is 6.42 Å². The van der Waals surface area contributed by atoms with Gasteiger partial charge in [0.2, 0.25) is 0 Å². The van der Waals surface area contributed by atoms with Crippen molar-refractivity contribution in [3.05, 3.63) is 24.2 Å². The smallest absolute Gasteiger partial charge is 0.325 e. The standard InChI is InChI=1S/C11H15NO4/c1-3-6-12(8-10(13)15-2)11(14)9-5-4-7-16-9/h4-5,7H,3,6,8H2,1-2H3. The van der Waals surface area contributed by atoms with E-state index >= 15 is 0 Å². The molecular formula is C11H15NO4. The zero-order valence-corrected chi connectivity index (χ0v) is 9.43. The van der Waals surface area contributed by atoms with Crippen molar-refractivity contribution in [3.8, 4) is 0 Å². The third-order valence-electron chi connectivity index (χ3n) is 2.06. The Labute approximate surface area is 94.0 Å². The number of carbonyl (C=O) groups is 2. The van der Waals surface area contributed by atoms with Crippen LogP contribution >= 0.6 is 0 Å². The summed E-state index contributed by atoms with van der Waals surface area (Å²) in [6, 6.07) is 3.21. The topological polar surface area (TPSA) is 59.8 Å². The van der Waals surface area contributed by atoms with Crippen LogP contribution < -0.4 is 0 Å². The van der Waals surface area contributed by atoms with E-state index < -0.39 is 5.97 Å². The number of nitrogens with zero attached hydrogens (tertiary/aromatic N) is 1. The lowest BCUT2D eigenvalue weighted by molar-refractivity contribution is -0.141. The van der Waals surface area contributed by atoms with Crippen molar-refractivity contribution in [1.29, 1.82) is 0 Å². The molecule has 5 nitrogen and oxygen atoms in total. The van der Waals surface area contributed by atoms with Gasteiger partial charge in [-0.25, -0.2) is 0 Å². The second-order valence-electron chi connectivity index (χ2n) is 3.28. The van der Waals surface area contributed by atoms with Gasteiger partial charge >= 0.3 is 5.97 Å². The average Bonchev–Trinajstić information content (AvgIpc) is 2.80. The summed E-state index contributed by atoms with van der Waals surface area (Å²) in [4.78, 5) is 24.4. The number of rotatable bonds is 5. The lowest BCUT2D eigenvalue weighted by Gasteiger charge is -2.19. The first-order chi connectivity index (χ1) is 7.69. The van der Waals surface area contributed by atoms with Crippen LogP contribution in [-0.4, -0.2) is 37.0 Å². The normalized spacial score (nSPS) is 9.88. The van der Waals surface area contributed by atoms with E-state index in [4.69, 9.17) is 4.42 Å². The van der Waals surface area contributed by atoms with Crippen LogP contribution in [0.1, 0.15) is 23.9 Å². The van der Waals surface area contributed by atoms with Gasteiger partial charge in [0.1, 0.15) is 6.54 Å². The molecule has 0 aliphatic carbocycles. The van der Waals surface area contributed by atoms with Gasteiger partial charge < -0.3 is 14.1 Å². The molecule has 88 valence electrons. The lowest BCUT2D eigenvalue weighted by Crippen LogP contribution is -2.36. The van der Waals surface area contributed by atoms with E-state index in [1.54, 1.807) is 12.1 Å². The Kier molecular flexibility index (Phi) is 4.57. The largest absolute Gasteiger partial charge is 0.468 e. The highest BCUT2D eigenvalue weighted by Gasteiger charge is 2.20. The maximum absolute atomic E-state index is 11.9. The van der Waals surface area contributed by atoms with Gasteiger partial charge in [0.15, 0.2) is 5.76 Å². The zero-order valence-electron chi connectivity index (χ0n) is 9.43. The summed E-state index contributed by atoms with van der Waals surface area (Å²) in [5.74, 6) is -0.497. The molecule has 0 saturated carbocycles. The van der Waals surface area contributed by atoms with Crippen LogP contribution in [-0.2, 0) is 9.53 Å². The average molecular weight is 225 g/mol. The molecule has 1 aromatic heterocycles. The van der Waals surface area contributed by atoms with Gasteiger partial charge in [-0.3, -0.25) is 9.59 Å². The van der Waals surface area contributed by atoms with E-state index in [2.05, 4.69) is 4.74 Å². The molecule has 0 aliphatic heterocycles. The fraction of sp³-hybridized carbons (Fsp3) is 0.455. The molecule has 0 fully saturated rings. The molecule has 0 unspecified atom stereocenters. The number of amides is 1. The van der Waals surface area contributed by atoms with Crippen molar-refractivity contribution in [3.63, 3.8) is 0 Å². The highest BCUT2D eigenvalue weighted by Crippen LogP contribution is 2.06. The van der Waals surface area contributed by atoms with Crippen LogP contribution in [0, 0.1) is 0 Å². The third-order valence-corrected chi connectivity index (χ3v) is 2.06. The van der Waals surface area contributed by atoms with E-state index in [-0.39, 0.29) is 18.2 Å². The van der Waals surface area contributed by atoms with E-state index in [1.165, 1.54) is 18.3 Å². The number of carbonyl (C=O) groups excluding carboxylic acids is 2. The monoisotopic (exact) mass is 225 g/mol. The molecular weight excluding hydrogens is 210 g/mol. The van der Waals surface area contributed by atoms with Crippen LogP contribution in [0.4, 0.5) is 0 Å². The summed E-state index contributed by atoms with van der Waals surface area (Å²) in [6.07, 6.45) is 2.19. The quantitative estimate of drug-likeness (QED) is 0.709. The van der Waals surface area contributed by atoms with Crippen LogP contribution in [0.5, 0.6) is 0 Å². The van der Waals surface area contributed by atoms with Crippen LogP contribution in [0.25, 0.3) is 0 Å². The summed E-state index contributed by atoms with van der Waals surface area (Å²) in [7, 11) is 1.30. The minimum Gasteiger partial charge on any atom is -0.468 e. The molecule has 0 spiro atoms. The first-order valence-electron chi connectivity index (χ1n) is 5.08. The van der Waals surface area contributed by atoms with Gasteiger partial charge in [0.05, 0.1) is 13.4 Å². The molecule has 5 heteroatoms. The van der Waals surface area contributed by atoms with Crippen molar-refractivity contribution in [2.24, 2.45) is 0 Å². The number of hydrogen-bond donors (Lipinski definition) is 0. The van der Waals surface area contributed by atoms with Crippen molar-refractivity contribution in [2.75, 3.05) is 20.2 Å². The van der Waals surface area contributed by atoms with Crippen LogP contribution in [0.2, 0.25) is 0 Å². The second-order valence-corrected chi connectivity index (χ2v) is 3.28. The fourth-order valence-electron chi connectivity index (χ4n) is 1.30. The molecule has 0 radical (unpaired) electrons. The van der Waals surface area contributed by atoms with Gasteiger partial charge in [-0.05, 0) is 18.6 Å². The minimum atomic E-state index is -0.437. The molecule has 0 bridgehead atoms. The third kappa shape index (κ3) is 3.12. The van der Waals surface area contributed by atoms with Crippen molar-refractivity contribution in [1.82, 2.24) is 4.90 Å².